The maximum Gasteiger partial charge on any atom is 0.145 e. The molecule has 5 nitrogen and oxygen atoms in total. The summed E-state index contributed by atoms with van der Waals surface area (Å²) >= 11 is 0. The van der Waals surface area contributed by atoms with E-state index >= 15 is 0 Å². The van der Waals surface area contributed by atoms with Crippen LogP contribution in [0, 0.1) is 6.92 Å². The van der Waals surface area contributed by atoms with Crippen LogP contribution in [0.3, 0.4) is 0 Å². The van der Waals surface area contributed by atoms with Gasteiger partial charge in [-0.15, -0.1) is 0 Å². The van der Waals surface area contributed by atoms with Crippen LogP contribution in [0.5, 0.6) is 11.5 Å². The molecule has 2 aromatic rings. The van der Waals surface area contributed by atoms with Gasteiger partial charge in [-0.05, 0) is 25.1 Å². The number of benzene rings is 1. The first kappa shape index (κ1) is 13.1. The molecular weight excluding hydrogens is 242 g/mol. The molecule has 0 aliphatic carbocycles. The van der Waals surface area contributed by atoms with E-state index in [1.807, 2.05) is 31.2 Å². The van der Waals surface area contributed by atoms with Gasteiger partial charge in [0.15, 0.2) is 0 Å². The van der Waals surface area contributed by atoms with Crippen LogP contribution in [0.2, 0.25) is 0 Å². The third-order valence-electron chi connectivity index (χ3n) is 2.70. The molecule has 0 saturated heterocycles. The summed E-state index contributed by atoms with van der Waals surface area (Å²) in [5, 5.41) is 3.29. The minimum Gasteiger partial charge on any atom is -0.497 e. The Hall–Kier alpha value is -2.30. The highest BCUT2D eigenvalue weighted by atomic mass is 16.5. The SMILES string of the molecule is COc1ccc(NCc2ccnc(C)n2)c(OC)c1. The standard InChI is InChI=1S/C14H17N3O2/c1-10-15-7-6-11(17-10)9-16-13-5-4-12(18-2)8-14(13)19-3/h4-8,16H,9H2,1-3H3. The van der Waals surface area contributed by atoms with E-state index in [1.54, 1.807) is 20.4 Å². The molecule has 0 amide bonds. The Morgan fingerprint density at radius 2 is 2.00 bits per heavy atom. The Morgan fingerprint density at radius 3 is 2.68 bits per heavy atom. The molecule has 1 heterocycles. The molecule has 0 unspecified atom stereocenters. The molecule has 0 aliphatic heterocycles. The Balaban J connectivity index is 2.11. The van der Waals surface area contributed by atoms with Gasteiger partial charge in [-0.2, -0.15) is 0 Å². The number of anilines is 1. The van der Waals surface area contributed by atoms with E-state index in [9.17, 15) is 0 Å². The van der Waals surface area contributed by atoms with Crippen molar-refractivity contribution in [1.82, 2.24) is 9.97 Å². The van der Waals surface area contributed by atoms with Crippen LogP contribution in [-0.4, -0.2) is 24.2 Å². The monoisotopic (exact) mass is 259 g/mol. The summed E-state index contributed by atoms with van der Waals surface area (Å²) in [6, 6.07) is 7.53. The summed E-state index contributed by atoms with van der Waals surface area (Å²) in [7, 11) is 3.26. The number of hydrogen-bond donors (Lipinski definition) is 1. The van der Waals surface area contributed by atoms with Crippen LogP contribution in [0.15, 0.2) is 30.5 Å². The Bertz CT molecular complexity index is 558. The molecule has 0 fully saturated rings. The molecular formula is C14H17N3O2. The van der Waals surface area contributed by atoms with Crippen LogP contribution < -0.4 is 14.8 Å². The predicted octanol–water partition coefficient (Wildman–Crippen LogP) is 2.41. The quantitative estimate of drug-likeness (QED) is 0.893. The summed E-state index contributed by atoms with van der Waals surface area (Å²) in [6.07, 6.45) is 1.75. The second-order valence-corrected chi connectivity index (χ2v) is 4.01. The molecule has 2 rings (SSSR count). The summed E-state index contributed by atoms with van der Waals surface area (Å²) in [4.78, 5) is 8.41. The van der Waals surface area contributed by atoms with Crippen molar-refractivity contribution in [2.24, 2.45) is 0 Å². The zero-order valence-electron chi connectivity index (χ0n) is 11.3. The van der Waals surface area contributed by atoms with Crippen molar-refractivity contribution in [3.8, 4) is 11.5 Å². The first-order valence-corrected chi connectivity index (χ1v) is 5.97. The van der Waals surface area contributed by atoms with Gasteiger partial charge in [0.05, 0.1) is 32.1 Å². The number of hydrogen-bond acceptors (Lipinski definition) is 5. The average Bonchev–Trinajstić information content (AvgIpc) is 2.45. The van der Waals surface area contributed by atoms with E-state index in [0.29, 0.717) is 6.54 Å². The Kier molecular flexibility index (Phi) is 4.18. The van der Waals surface area contributed by atoms with Gasteiger partial charge in [-0.3, -0.25) is 0 Å². The van der Waals surface area contributed by atoms with E-state index in [1.165, 1.54) is 0 Å². The van der Waals surface area contributed by atoms with Crippen LogP contribution in [0.4, 0.5) is 5.69 Å². The minimum atomic E-state index is 0.617. The van der Waals surface area contributed by atoms with Crippen molar-refractivity contribution in [1.29, 1.82) is 0 Å². The molecule has 0 aliphatic rings. The maximum atomic E-state index is 5.32. The van der Waals surface area contributed by atoms with Crippen molar-refractivity contribution in [2.75, 3.05) is 19.5 Å². The molecule has 1 N–H and O–H groups in total. The highest BCUT2D eigenvalue weighted by Crippen LogP contribution is 2.29. The van der Waals surface area contributed by atoms with Gasteiger partial charge >= 0.3 is 0 Å². The van der Waals surface area contributed by atoms with Gasteiger partial charge in [0, 0.05) is 12.3 Å². The van der Waals surface area contributed by atoms with E-state index in [0.717, 1.165) is 28.7 Å². The lowest BCUT2D eigenvalue weighted by atomic mass is 10.2. The molecule has 1 aromatic carbocycles. The number of aryl methyl sites for hydroxylation is 1. The van der Waals surface area contributed by atoms with Crippen molar-refractivity contribution in [3.63, 3.8) is 0 Å². The van der Waals surface area contributed by atoms with Crippen LogP contribution in [-0.2, 0) is 6.54 Å². The molecule has 19 heavy (non-hydrogen) atoms. The third kappa shape index (κ3) is 3.34. The van der Waals surface area contributed by atoms with Crippen molar-refractivity contribution in [2.45, 2.75) is 13.5 Å². The third-order valence-corrected chi connectivity index (χ3v) is 2.70. The molecule has 1 aromatic heterocycles. The first-order chi connectivity index (χ1) is 9.22. The van der Waals surface area contributed by atoms with Gasteiger partial charge in [-0.25, -0.2) is 9.97 Å². The van der Waals surface area contributed by atoms with Gasteiger partial charge < -0.3 is 14.8 Å². The lowest BCUT2D eigenvalue weighted by molar-refractivity contribution is 0.395. The number of aromatic nitrogens is 2. The molecule has 0 saturated carbocycles. The van der Waals surface area contributed by atoms with Gasteiger partial charge in [0.2, 0.25) is 0 Å². The van der Waals surface area contributed by atoms with Crippen LogP contribution >= 0.6 is 0 Å². The number of rotatable bonds is 5. The zero-order valence-corrected chi connectivity index (χ0v) is 11.3. The summed E-state index contributed by atoms with van der Waals surface area (Å²) in [5.74, 6) is 2.27. The Morgan fingerprint density at radius 1 is 1.16 bits per heavy atom. The number of ether oxygens (including phenoxy) is 2. The topological polar surface area (TPSA) is 56.3 Å². The molecule has 0 atom stereocenters. The van der Waals surface area contributed by atoms with Crippen LogP contribution in [0.1, 0.15) is 11.5 Å². The highest BCUT2D eigenvalue weighted by molar-refractivity contribution is 5.59. The lowest BCUT2D eigenvalue weighted by Crippen LogP contribution is -2.04. The smallest absolute Gasteiger partial charge is 0.145 e. The van der Waals surface area contributed by atoms with Gasteiger partial charge in [0.1, 0.15) is 17.3 Å². The second kappa shape index (κ2) is 6.04. The molecule has 5 heteroatoms. The summed E-state index contributed by atoms with van der Waals surface area (Å²) in [6.45, 7) is 2.49. The predicted molar refractivity (Wildman–Crippen MR) is 73.6 cm³/mol. The van der Waals surface area contributed by atoms with Gasteiger partial charge in [0.25, 0.3) is 0 Å². The van der Waals surface area contributed by atoms with Crippen LogP contribution in [0.25, 0.3) is 0 Å². The molecule has 100 valence electrons. The van der Waals surface area contributed by atoms with Crippen molar-refractivity contribution < 1.29 is 9.47 Å². The maximum absolute atomic E-state index is 5.32. The lowest BCUT2D eigenvalue weighted by Gasteiger charge is -2.12. The molecule has 0 spiro atoms. The fourth-order valence-corrected chi connectivity index (χ4v) is 1.73. The van der Waals surface area contributed by atoms with E-state index < -0.39 is 0 Å². The van der Waals surface area contributed by atoms with Crippen molar-refractivity contribution >= 4 is 5.69 Å². The van der Waals surface area contributed by atoms with Gasteiger partial charge in [-0.1, -0.05) is 0 Å². The highest BCUT2D eigenvalue weighted by Gasteiger charge is 2.05. The number of nitrogens with zero attached hydrogens (tertiary/aromatic N) is 2. The molecule has 0 bridgehead atoms. The zero-order chi connectivity index (χ0) is 13.7. The number of nitrogens with one attached hydrogen (secondary N) is 1. The van der Waals surface area contributed by atoms with E-state index in [4.69, 9.17) is 9.47 Å². The average molecular weight is 259 g/mol. The summed E-state index contributed by atoms with van der Waals surface area (Å²) in [5.41, 5.74) is 1.84. The molecule has 0 radical (unpaired) electrons. The minimum absolute atomic E-state index is 0.617. The summed E-state index contributed by atoms with van der Waals surface area (Å²) < 4.78 is 10.5. The fourth-order valence-electron chi connectivity index (χ4n) is 1.73. The van der Waals surface area contributed by atoms with Crippen molar-refractivity contribution in [3.05, 3.63) is 42.0 Å². The number of methoxy groups -OCH3 is 2. The largest absolute Gasteiger partial charge is 0.497 e. The Labute approximate surface area is 112 Å². The first-order valence-electron chi connectivity index (χ1n) is 5.97. The van der Waals surface area contributed by atoms with E-state index in [2.05, 4.69) is 15.3 Å². The van der Waals surface area contributed by atoms with E-state index in [-0.39, 0.29) is 0 Å². The fraction of sp³-hybridized carbons (Fsp3) is 0.286. The second-order valence-electron chi connectivity index (χ2n) is 4.01. The normalized spacial score (nSPS) is 10.1.